The molecule has 1 aliphatic rings. The molecule has 0 aromatic heterocycles. The molecule has 0 saturated carbocycles. The topological polar surface area (TPSA) is 18.5 Å². The molecule has 0 aliphatic carbocycles. The van der Waals surface area contributed by atoms with Crippen molar-refractivity contribution in [2.45, 2.75) is 50.9 Å². The fourth-order valence-corrected chi connectivity index (χ4v) is 1.45. The van der Waals surface area contributed by atoms with E-state index >= 15 is 0 Å². The Hall–Kier alpha value is 0.210. The molecule has 3 atom stereocenters. The van der Waals surface area contributed by atoms with Crippen LogP contribution in [0.5, 0.6) is 0 Å². The summed E-state index contributed by atoms with van der Waals surface area (Å²) < 4.78 is 11.0. The van der Waals surface area contributed by atoms with E-state index in [-0.39, 0.29) is 17.8 Å². The predicted molar refractivity (Wildman–Crippen MR) is 49.5 cm³/mol. The lowest BCUT2D eigenvalue weighted by molar-refractivity contribution is -0.181. The quantitative estimate of drug-likeness (QED) is 0.640. The van der Waals surface area contributed by atoms with Gasteiger partial charge < -0.3 is 9.47 Å². The molecule has 1 rings (SSSR count). The fourth-order valence-electron chi connectivity index (χ4n) is 1.17. The molecule has 0 radical (unpaired) electrons. The van der Waals surface area contributed by atoms with Gasteiger partial charge >= 0.3 is 0 Å². The average Bonchev–Trinajstić information content (AvgIpc) is 2.09. The van der Waals surface area contributed by atoms with Crippen molar-refractivity contribution in [3.63, 3.8) is 0 Å². The van der Waals surface area contributed by atoms with Crippen molar-refractivity contribution in [3.8, 4) is 0 Å². The molecular formula is C9H17ClO2. The molecule has 1 heterocycles. The molecular weight excluding hydrogens is 176 g/mol. The van der Waals surface area contributed by atoms with Crippen LogP contribution in [0, 0.1) is 0 Å². The molecule has 3 heteroatoms. The number of hydrogen-bond donors (Lipinski definition) is 0. The SMILES string of the molecule is CCC(C)OC1OCCCC1Cl. The lowest BCUT2D eigenvalue weighted by Crippen LogP contribution is -2.35. The average molecular weight is 193 g/mol. The van der Waals surface area contributed by atoms with Gasteiger partial charge in [0, 0.05) is 6.61 Å². The van der Waals surface area contributed by atoms with E-state index in [4.69, 9.17) is 21.1 Å². The monoisotopic (exact) mass is 192 g/mol. The van der Waals surface area contributed by atoms with Crippen molar-refractivity contribution >= 4 is 11.6 Å². The van der Waals surface area contributed by atoms with Gasteiger partial charge in [-0.05, 0) is 26.2 Å². The maximum absolute atomic E-state index is 6.03. The molecule has 0 aromatic rings. The van der Waals surface area contributed by atoms with Gasteiger partial charge in [-0.25, -0.2) is 0 Å². The van der Waals surface area contributed by atoms with E-state index in [1.165, 1.54) is 0 Å². The highest BCUT2D eigenvalue weighted by Gasteiger charge is 2.25. The maximum Gasteiger partial charge on any atom is 0.174 e. The second-order valence-electron chi connectivity index (χ2n) is 3.25. The number of alkyl halides is 1. The normalized spacial score (nSPS) is 33.2. The van der Waals surface area contributed by atoms with E-state index in [1.54, 1.807) is 0 Å². The first-order valence-corrected chi connectivity index (χ1v) is 5.08. The second kappa shape index (κ2) is 5.05. The summed E-state index contributed by atoms with van der Waals surface area (Å²) in [6, 6.07) is 0. The third-order valence-corrected chi connectivity index (χ3v) is 2.57. The van der Waals surface area contributed by atoms with Gasteiger partial charge in [-0.2, -0.15) is 0 Å². The van der Waals surface area contributed by atoms with Gasteiger partial charge in [-0.15, -0.1) is 11.6 Å². The van der Waals surface area contributed by atoms with Crippen molar-refractivity contribution in [2.75, 3.05) is 6.61 Å². The molecule has 0 amide bonds. The molecule has 0 bridgehead atoms. The highest BCUT2D eigenvalue weighted by atomic mass is 35.5. The van der Waals surface area contributed by atoms with E-state index in [2.05, 4.69) is 6.92 Å². The summed E-state index contributed by atoms with van der Waals surface area (Å²) in [5, 5.41) is 0.0350. The van der Waals surface area contributed by atoms with Crippen LogP contribution in [0.4, 0.5) is 0 Å². The Labute approximate surface area is 79.2 Å². The van der Waals surface area contributed by atoms with Crippen LogP contribution in [0.3, 0.4) is 0 Å². The smallest absolute Gasteiger partial charge is 0.174 e. The van der Waals surface area contributed by atoms with Gasteiger partial charge in [0.15, 0.2) is 6.29 Å². The largest absolute Gasteiger partial charge is 0.351 e. The van der Waals surface area contributed by atoms with E-state index in [1.807, 2.05) is 6.92 Å². The van der Waals surface area contributed by atoms with Crippen LogP contribution in [0.15, 0.2) is 0 Å². The molecule has 1 fully saturated rings. The van der Waals surface area contributed by atoms with Crippen LogP contribution in [-0.4, -0.2) is 24.4 Å². The van der Waals surface area contributed by atoms with E-state index in [0.717, 1.165) is 25.9 Å². The van der Waals surface area contributed by atoms with Gasteiger partial charge in [-0.3, -0.25) is 0 Å². The minimum absolute atomic E-state index is 0.0350. The molecule has 3 unspecified atom stereocenters. The van der Waals surface area contributed by atoms with E-state index in [9.17, 15) is 0 Å². The Balaban J connectivity index is 2.28. The van der Waals surface area contributed by atoms with Gasteiger partial charge in [0.2, 0.25) is 0 Å². The third kappa shape index (κ3) is 2.92. The van der Waals surface area contributed by atoms with Crippen molar-refractivity contribution in [1.29, 1.82) is 0 Å². The van der Waals surface area contributed by atoms with Gasteiger partial charge in [-0.1, -0.05) is 6.92 Å². The first kappa shape index (κ1) is 10.3. The molecule has 72 valence electrons. The van der Waals surface area contributed by atoms with Gasteiger partial charge in [0.1, 0.15) is 0 Å². The van der Waals surface area contributed by atoms with Gasteiger partial charge in [0.05, 0.1) is 11.5 Å². The number of halogens is 1. The van der Waals surface area contributed by atoms with Crippen LogP contribution in [0.1, 0.15) is 33.1 Å². The summed E-state index contributed by atoms with van der Waals surface area (Å²) >= 11 is 6.03. The third-order valence-electron chi connectivity index (χ3n) is 2.14. The lowest BCUT2D eigenvalue weighted by atomic mass is 10.2. The second-order valence-corrected chi connectivity index (χ2v) is 3.81. The minimum Gasteiger partial charge on any atom is -0.351 e. The molecule has 0 aromatic carbocycles. The lowest BCUT2D eigenvalue weighted by Gasteiger charge is -2.29. The molecule has 0 spiro atoms. The summed E-state index contributed by atoms with van der Waals surface area (Å²) in [5.74, 6) is 0. The highest BCUT2D eigenvalue weighted by molar-refractivity contribution is 6.20. The Morgan fingerprint density at radius 1 is 1.67 bits per heavy atom. The summed E-state index contributed by atoms with van der Waals surface area (Å²) in [5.41, 5.74) is 0. The molecule has 12 heavy (non-hydrogen) atoms. The van der Waals surface area contributed by atoms with Crippen LogP contribution >= 0.6 is 11.6 Å². The van der Waals surface area contributed by atoms with Crippen molar-refractivity contribution < 1.29 is 9.47 Å². The molecule has 2 nitrogen and oxygen atoms in total. The van der Waals surface area contributed by atoms with Crippen LogP contribution in [0.2, 0.25) is 0 Å². The standard InChI is InChI=1S/C9H17ClO2/c1-3-7(2)12-9-8(10)5-4-6-11-9/h7-9H,3-6H2,1-2H3. The summed E-state index contributed by atoms with van der Waals surface area (Å²) in [6.07, 6.45) is 3.12. The van der Waals surface area contributed by atoms with Crippen LogP contribution in [-0.2, 0) is 9.47 Å². The number of rotatable bonds is 3. The summed E-state index contributed by atoms with van der Waals surface area (Å²) in [4.78, 5) is 0. The first-order chi connectivity index (χ1) is 5.74. The summed E-state index contributed by atoms with van der Waals surface area (Å²) in [6.45, 7) is 4.92. The molecule has 0 N–H and O–H groups in total. The van der Waals surface area contributed by atoms with Gasteiger partial charge in [0.25, 0.3) is 0 Å². The highest BCUT2D eigenvalue weighted by Crippen LogP contribution is 2.21. The fraction of sp³-hybridized carbons (Fsp3) is 1.00. The Bertz CT molecular complexity index is 130. The van der Waals surface area contributed by atoms with E-state index in [0.29, 0.717) is 0 Å². The Morgan fingerprint density at radius 3 is 3.00 bits per heavy atom. The Morgan fingerprint density at radius 2 is 2.42 bits per heavy atom. The van der Waals surface area contributed by atoms with Crippen molar-refractivity contribution in [1.82, 2.24) is 0 Å². The molecule has 1 aliphatic heterocycles. The summed E-state index contributed by atoms with van der Waals surface area (Å²) in [7, 11) is 0. The first-order valence-electron chi connectivity index (χ1n) is 4.65. The zero-order valence-corrected chi connectivity index (χ0v) is 8.51. The predicted octanol–water partition coefficient (Wildman–Crippen LogP) is 2.55. The zero-order valence-electron chi connectivity index (χ0n) is 7.75. The molecule has 1 saturated heterocycles. The maximum atomic E-state index is 6.03. The van der Waals surface area contributed by atoms with Crippen molar-refractivity contribution in [2.24, 2.45) is 0 Å². The number of ether oxygens (including phenoxy) is 2. The van der Waals surface area contributed by atoms with Crippen molar-refractivity contribution in [3.05, 3.63) is 0 Å². The van der Waals surface area contributed by atoms with Crippen LogP contribution in [0.25, 0.3) is 0 Å². The van der Waals surface area contributed by atoms with E-state index < -0.39 is 0 Å². The number of hydrogen-bond acceptors (Lipinski definition) is 2. The Kier molecular flexibility index (Phi) is 4.33. The zero-order chi connectivity index (χ0) is 8.97. The minimum atomic E-state index is -0.185. The van der Waals surface area contributed by atoms with Crippen LogP contribution < -0.4 is 0 Å².